The lowest BCUT2D eigenvalue weighted by molar-refractivity contribution is -0.160. The molecule has 2 fully saturated rings. The number of phenolic OH excluding ortho intramolecular Hbond substituents is 1. The number of aromatic hydroxyl groups is 1. The van der Waals surface area contributed by atoms with Crippen LogP contribution in [0.25, 0.3) is 0 Å². The van der Waals surface area contributed by atoms with E-state index in [2.05, 4.69) is 52.7 Å². The number of carbonyl (C=O) groups excluding carboxylic acids is 11. The van der Waals surface area contributed by atoms with Crippen molar-refractivity contribution in [2.24, 2.45) is 34.2 Å². The van der Waals surface area contributed by atoms with Gasteiger partial charge in [-0.3, -0.25) is 73.0 Å². The number of ether oxygens (including phenoxy) is 6. The molecule has 133 heavy (non-hydrogen) atoms. The number of carboxylic acid groups (broad SMARTS) is 2. The maximum atomic E-state index is 15.0. The number of piperidine rings is 2. The number of likely N-dealkylation sites (tertiary alicyclic amines) is 2. The quantitative estimate of drug-likeness (QED) is 0.00233. The summed E-state index contributed by atoms with van der Waals surface area (Å²) in [6, 6.07) is 7.52. The van der Waals surface area contributed by atoms with E-state index in [4.69, 9.17) is 39.9 Å². The summed E-state index contributed by atoms with van der Waals surface area (Å²) in [7, 11) is 3.77. The third kappa shape index (κ3) is 39.4. The summed E-state index contributed by atoms with van der Waals surface area (Å²) in [6.45, 7) is 11.4. The number of rotatable bonds is 55. The fraction of sp³-hybridized carbons (Fsp3) is 0.598. The van der Waals surface area contributed by atoms with E-state index in [0.29, 0.717) is 68.5 Å². The second-order valence-electron chi connectivity index (χ2n) is 32.5. The zero-order valence-electron chi connectivity index (χ0n) is 75.5. The normalized spacial score (nSPS) is 16.8. The van der Waals surface area contributed by atoms with E-state index in [-0.39, 0.29) is 161 Å². The van der Waals surface area contributed by atoms with Crippen molar-refractivity contribution in [2.75, 3.05) is 91.0 Å². The molecular weight excluding hydrogens is 1820 g/mol. The molecule has 0 bridgehead atoms. The van der Waals surface area contributed by atoms with Gasteiger partial charge in [-0.15, -0.1) is 11.3 Å². The molecule has 1 aromatic heterocycles. The maximum Gasteiger partial charge on any atom is 0.426 e. The van der Waals surface area contributed by atoms with Gasteiger partial charge in [0.1, 0.15) is 47.2 Å². The molecule has 15 N–H and O–H groups in total. The number of nitrogens with zero attached hydrogens (tertiary/aromatic N) is 5. The highest BCUT2D eigenvalue weighted by molar-refractivity contribution is 8.76. The number of hydrogen-bond donors (Lipinski definition) is 13. The monoisotopic (exact) mass is 1940 g/mol. The van der Waals surface area contributed by atoms with Gasteiger partial charge in [0.05, 0.1) is 75.3 Å². The number of amides is 9. The average molecular weight is 1940 g/mol. The van der Waals surface area contributed by atoms with Crippen LogP contribution in [-0.2, 0) is 107 Å². The van der Waals surface area contributed by atoms with Crippen LogP contribution in [0.5, 0.6) is 5.75 Å². The lowest BCUT2D eigenvalue weighted by Gasteiger charge is -2.41. The van der Waals surface area contributed by atoms with Gasteiger partial charge in [-0.05, 0) is 137 Å². The number of carbonyl (C=O) groups is 13. The van der Waals surface area contributed by atoms with Crippen molar-refractivity contribution >= 4 is 116 Å². The Morgan fingerprint density at radius 3 is 2.03 bits per heavy atom. The van der Waals surface area contributed by atoms with Crippen molar-refractivity contribution in [1.82, 2.24) is 62.4 Å². The number of esters is 2. The van der Waals surface area contributed by atoms with Crippen LogP contribution in [0.15, 0.2) is 83.2 Å². The van der Waals surface area contributed by atoms with E-state index in [0.717, 1.165) is 45.8 Å². The van der Waals surface area contributed by atoms with Gasteiger partial charge in [-0.2, -0.15) is 26.3 Å². The first-order chi connectivity index (χ1) is 63.0. The third-order valence-electron chi connectivity index (χ3n) is 21.7. The number of aromatic nitrogens is 1. The summed E-state index contributed by atoms with van der Waals surface area (Å²) < 4.78 is 116. The number of aliphatic imine (C=N–C) groups is 1. The molecule has 0 aliphatic carbocycles. The van der Waals surface area contributed by atoms with E-state index in [1.165, 1.54) is 36.3 Å². The molecule has 738 valence electrons. The van der Waals surface area contributed by atoms with Crippen LogP contribution < -0.4 is 54.2 Å². The topological polar surface area (TPSA) is 521 Å². The molecule has 12 atom stereocenters. The standard InChI is InChI=1S/C87H123F6N15O22S3/c1-9-18-73(115)129-50-108(82(121)74(52(5)10-2)103-80(120)66-22-14-15-31-106(66)8)67(51(3)4)45-69(130-54(7)109)81-102-64(48-131-81)79(119)98-60(42-55-24-26-61(110)27-25-55)39-53(6)76(116)104-105-85(124)127-37-38-132-133-49-65(83(122)123)101-78(118)63(44-72(113)114)100-77(117)62(21-16-29-97-84(94)95)99-70(111)28-33-125-35-36-126-34-30-96-71(112)46-107-32-17-23-68(75(107)57-19-12-11-13-20-57)128-47-56-40-58(86(88,89)90)43-59(41-56)87(91,92)93/h11-13,19-20,24-27,40-41,43,48,51-53,60,62-63,65-69,74-75,110H,9-10,14-18,21-23,28-39,42,44-47,49-50H2,1-8H3,(H,96,112)(H,98,119)(H,99,111)(H,100,117)(H,101,118)(H,103,120)(H,104,116)(H,105,124)(H,113,114)(H,122,123)(H4,94,95,97)/t52-,53-,60+,62?,63+,65-,66+,67+,68-,69+,74?,75-/m0/s1. The molecule has 2 aliphatic heterocycles. The number of aliphatic carboxylic acids is 2. The fourth-order valence-corrected chi connectivity index (χ4v) is 17.4. The van der Waals surface area contributed by atoms with Crippen molar-refractivity contribution in [1.29, 1.82) is 0 Å². The lowest BCUT2D eigenvalue weighted by atomic mass is 9.92. The van der Waals surface area contributed by atoms with Crippen LogP contribution in [0.4, 0.5) is 31.1 Å². The van der Waals surface area contributed by atoms with Gasteiger partial charge < -0.3 is 92.0 Å². The first-order valence-corrected chi connectivity index (χ1v) is 47.1. The first-order valence-electron chi connectivity index (χ1n) is 43.7. The van der Waals surface area contributed by atoms with Crippen LogP contribution >= 0.6 is 32.9 Å². The molecule has 0 spiro atoms. The second-order valence-corrected chi connectivity index (χ2v) is 36.0. The zero-order valence-corrected chi connectivity index (χ0v) is 77.9. The summed E-state index contributed by atoms with van der Waals surface area (Å²) in [4.78, 5) is 188. The Hall–Kier alpha value is -10.7. The predicted molar refractivity (Wildman–Crippen MR) is 478 cm³/mol. The molecule has 0 saturated carbocycles. The van der Waals surface area contributed by atoms with Gasteiger partial charge in [-0.1, -0.05) is 118 Å². The van der Waals surface area contributed by atoms with Crippen LogP contribution in [0.2, 0.25) is 0 Å². The molecule has 0 radical (unpaired) electrons. The molecular formula is C87H123F6N15O22S3. The van der Waals surface area contributed by atoms with Gasteiger partial charge in [0.2, 0.25) is 41.4 Å². The van der Waals surface area contributed by atoms with Crippen molar-refractivity contribution in [3.63, 3.8) is 0 Å². The number of benzene rings is 3. The second kappa shape index (κ2) is 56.5. The Labute approximate surface area is 779 Å². The number of nitrogens with two attached hydrogens (primary N) is 2. The number of hydrazine groups is 1. The number of alkyl halides is 6. The van der Waals surface area contributed by atoms with Crippen LogP contribution in [0, 0.1) is 17.8 Å². The molecule has 3 heterocycles. The Morgan fingerprint density at radius 2 is 1.40 bits per heavy atom. The number of thiazole rings is 1. The van der Waals surface area contributed by atoms with Crippen LogP contribution in [0.1, 0.15) is 194 Å². The van der Waals surface area contributed by atoms with Crippen LogP contribution in [0.3, 0.4) is 0 Å². The number of carboxylic acids is 2. The summed E-state index contributed by atoms with van der Waals surface area (Å²) in [5.74, 6) is -12.3. The molecule has 3 aromatic carbocycles. The number of halogens is 6. The van der Waals surface area contributed by atoms with Crippen molar-refractivity contribution in [2.45, 2.75) is 224 Å². The van der Waals surface area contributed by atoms with E-state index in [1.807, 2.05) is 44.5 Å². The van der Waals surface area contributed by atoms with Gasteiger partial charge in [0, 0.05) is 74.2 Å². The highest BCUT2D eigenvalue weighted by Gasteiger charge is 2.43. The zero-order chi connectivity index (χ0) is 98.1. The third-order valence-corrected chi connectivity index (χ3v) is 25.0. The smallest absolute Gasteiger partial charge is 0.426 e. The van der Waals surface area contributed by atoms with Gasteiger partial charge in [-0.25, -0.2) is 20.0 Å². The number of likely N-dealkylation sites (N-methyl/N-ethyl adjacent to an activating group) is 1. The number of hydrogen-bond acceptors (Lipinski definition) is 27. The summed E-state index contributed by atoms with van der Waals surface area (Å²) in [5, 5.41) is 47.3. The van der Waals surface area contributed by atoms with Crippen molar-refractivity contribution < 1.29 is 132 Å². The Bertz CT molecular complexity index is 4460. The van der Waals surface area contributed by atoms with Gasteiger partial charge in [0.15, 0.2) is 18.8 Å². The van der Waals surface area contributed by atoms with Crippen molar-refractivity contribution in [3.8, 4) is 5.75 Å². The highest BCUT2D eigenvalue weighted by atomic mass is 33.1. The minimum atomic E-state index is -5.05. The molecule has 2 unspecified atom stereocenters. The molecule has 2 aliphatic rings. The SMILES string of the molecule is CCCC(=O)OCN(C(=O)C(NC(=O)[C@H]1CCCCN1C)[C@@H](C)CC)[C@H](C[C@@H](OC(C)=O)c1nc(C(=O)N[C@@H](Cc2ccc(O)cc2)C[C@H](C)C(=O)NNC(=O)OCCSSC[C@H](NC(=O)[C@@H](CC(=O)O)NC(=O)C(CCCN=C(N)N)NC(=O)CCOCCOCCNC(=O)CN2CCC[C@H](OCc3cc(C(F)(F)F)cc(C(F)(F)F)c3)[C@@H]2c2ccccc2)C(=O)O)cs1)C(C)C. The summed E-state index contributed by atoms with van der Waals surface area (Å²) >= 11 is 1.01. The molecule has 9 amide bonds. The van der Waals surface area contributed by atoms with E-state index >= 15 is 4.79 Å². The lowest BCUT2D eigenvalue weighted by Crippen LogP contribution is -2.59. The minimum Gasteiger partial charge on any atom is -0.508 e. The number of phenols is 1. The molecule has 2 saturated heterocycles. The van der Waals surface area contributed by atoms with E-state index in [9.17, 15) is 99.2 Å². The molecule has 4 aromatic rings. The summed E-state index contributed by atoms with van der Waals surface area (Å²) in [6.07, 6.45) is -10.1. The van der Waals surface area contributed by atoms with Crippen LogP contribution in [-0.4, -0.2) is 258 Å². The first kappa shape index (κ1) is 111. The molecule has 37 nitrogen and oxygen atoms in total. The predicted octanol–water partition coefficient (Wildman–Crippen LogP) is 7.59. The largest absolute Gasteiger partial charge is 0.508 e. The Morgan fingerprint density at radius 1 is 0.722 bits per heavy atom. The molecule has 46 heteroatoms. The van der Waals surface area contributed by atoms with Crippen molar-refractivity contribution in [3.05, 3.63) is 117 Å². The highest BCUT2D eigenvalue weighted by Crippen LogP contribution is 2.39. The number of guanidine groups is 1. The maximum absolute atomic E-state index is 15.0. The average Bonchev–Trinajstić information content (AvgIpc) is 1.76. The Balaban J connectivity index is 0.949. The molecule has 6 rings (SSSR count). The van der Waals surface area contributed by atoms with Gasteiger partial charge >= 0.3 is 42.3 Å². The fourth-order valence-electron chi connectivity index (χ4n) is 14.6. The van der Waals surface area contributed by atoms with E-state index in [1.54, 1.807) is 49.4 Å². The van der Waals surface area contributed by atoms with Gasteiger partial charge in [0.25, 0.3) is 5.91 Å². The minimum absolute atomic E-state index is 0.000601. The Kier molecular flexibility index (Phi) is 47.2. The van der Waals surface area contributed by atoms with E-state index < -0.39 is 181 Å². The summed E-state index contributed by atoms with van der Waals surface area (Å²) in [5.41, 5.74) is 13.3. The number of nitrogens with one attached hydrogen (secondary N) is 8.